The Morgan fingerprint density at radius 2 is 1.61 bits per heavy atom. The number of phenols is 1. The van der Waals surface area contributed by atoms with E-state index >= 15 is 0 Å². The summed E-state index contributed by atoms with van der Waals surface area (Å²) in [5.41, 5.74) is 4.13. The topological polar surface area (TPSA) is 122 Å². The highest BCUT2D eigenvalue weighted by Gasteiger charge is 2.24. The normalized spacial score (nSPS) is 11.6. The standard InChI is InChI=1S/C24H22N6O3/c1-15-4-3-5-16(2)21(15)26-24(33)22(17-8-12-20(31)13-9-17)27-23(32)18-6-10-19(11-7-18)30-14-25-28-29-30/h3-14,22,31H,1-2H3,(H,26,33)(H,27,32)/t22-/m0/s1. The van der Waals surface area contributed by atoms with Crippen LogP contribution in [0.5, 0.6) is 5.75 Å². The predicted molar refractivity (Wildman–Crippen MR) is 122 cm³/mol. The lowest BCUT2D eigenvalue weighted by Crippen LogP contribution is -2.37. The third-order valence-corrected chi connectivity index (χ3v) is 5.24. The van der Waals surface area contributed by atoms with Crippen LogP contribution in [0, 0.1) is 13.8 Å². The maximum Gasteiger partial charge on any atom is 0.252 e. The maximum absolute atomic E-state index is 13.3. The highest BCUT2D eigenvalue weighted by molar-refractivity contribution is 6.02. The molecule has 0 bridgehead atoms. The molecule has 1 atom stereocenters. The predicted octanol–water partition coefficient (Wildman–Crippen LogP) is 3.09. The Hall–Kier alpha value is -4.53. The van der Waals surface area contributed by atoms with Crippen LogP contribution in [0.2, 0.25) is 0 Å². The van der Waals surface area contributed by atoms with E-state index in [2.05, 4.69) is 26.2 Å². The number of carbonyl (C=O) groups excluding carboxylic acids is 2. The molecule has 0 radical (unpaired) electrons. The highest BCUT2D eigenvalue weighted by atomic mass is 16.3. The van der Waals surface area contributed by atoms with Crippen molar-refractivity contribution in [2.24, 2.45) is 0 Å². The largest absolute Gasteiger partial charge is 0.508 e. The molecule has 4 rings (SSSR count). The summed E-state index contributed by atoms with van der Waals surface area (Å²) in [7, 11) is 0. The average molecular weight is 442 g/mol. The number of nitrogens with zero attached hydrogens (tertiary/aromatic N) is 4. The molecule has 2 amide bonds. The smallest absolute Gasteiger partial charge is 0.252 e. The van der Waals surface area contributed by atoms with Crippen molar-refractivity contribution in [3.8, 4) is 11.4 Å². The fourth-order valence-electron chi connectivity index (χ4n) is 3.43. The number of amides is 2. The minimum absolute atomic E-state index is 0.0668. The molecule has 0 saturated heterocycles. The minimum Gasteiger partial charge on any atom is -0.508 e. The molecule has 1 aromatic heterocycles. The first kappa shape index (κ1) is 21.7. The number of rotatable bonds is 6. The molecular formula is C24H22N6O3. The summed E-state index contributed by atoms with van der Waals surface area (Å²) >= 11 is 0. The van der Waals surface area contributed by atoms with Crippen LogP contribution in [0.25, 0.3) is 5.69 Å². The second kappa shape index (κ2) is 9.31. The number of aromatic nitrogens is 4. The number of benzene rings is 3. The Labute approximate surface area is 190 Å². The zero-order valence-electron chi connectivity index (χ0n) is 18.1. The van der Waals surface area contributed by atoms with Gasteiger partial charge in [0.15, 0.2) is 0 Å². The second-order valence-electron chi connectivity index (χ2n) is 7.56. The van der Waals surface area contributed by atoms with Gasteiger partial charge >= 0.3 is 0 Å². The van der Waals surface area contributed by atoms with Crippen molar-refractivity contribution in [2.45, 2.75) is 19.9 Å². The number of phenolic OH excluding ortho intramolecular Hbond substituents is 1. The van der Waals surface area contributed by atoms with E-state index in [1.165, 1.54) is 23.1 Å². The SMILES string of the molecule is Cc1cccc(C)c1NC(=O)[C@@H](NC(=O)c1ccc(-n2cnnn2)cc1)c1ccc(O)cc1. The zero-order valence-corrected chi connectivity index (χ0v) is 18.1. The molecule has 166 valence electrons. The van der Waals surface area contributed by atoms with Gasteiger partial charge in [0.1, 0.15) is 18.1 Å². The van der Waals surface area contributed by atoms with E-state index in [9.17, 15) is 14.7 Å². The van der Waals surface area contributed by atoms with E-state index < -0.39 is 17.9 Å². The molecule has 0 unspecified atom stereocenters. The fraction of sp³-hybridized carbons (Fsp3) is 0.125. The molecule has 1 heterocycles. The lowest BCUT2D eigenvalue weighted by atomic mass is 10.0. The zero-order chi connectivity index (χ0) is 23.4. The molecule has 0 aliphatic rings. The van der Waals surface area contributed by atoms with Crippen LogP contribution < -0.4 is 10.6 Å². The van der Waals surface area contributed by atoms with E-state index in [-0.39, 0.29) is 5.75 Å². The molecule has 3 aromatic carbocycles. The van der Waals surface area contributed by atoms with Gasteiger partial charge in [0, 0.05) is 11.3 Å². The van der Waals surface area contributed by atoms with Crippen LogP contribution in [0.15, 0.2) is 73.1 Å². The van der Waals surface area contributed by atoms with Gasteiger partial charge in [0.05, 0.1) is 5.69 Å². The van der Waals surface area contributed by atoms with Crippen LogP contribution >= 0.6 is 0 Å². The Kier molecular flexibility index (Phi) is 6.12. The number of tetrazole rings is 1. The molecule has 0 fully saturated rings. The molecule has 0 spiro atoms. The van der Waals surface area contributed by atoms with Gasteiger partial charge in [-0.15, -0.1) is 5.10 Å². The number of hydrogen-bond donors (Lipinski definition) is 3. The van der Waals surface area contributed by atoms with Crippen LogP contribution in [-0.2, 0) is 4.79 Å². The van der Waals surface area contributed by atoms with E-state index in [0.29, 0.717) is 22.5 Å². The molecule has 9 heteroatoms. The second-order valence-corrected chi connectivity index (χ2v) is 7.56. The van der Waals surface area contributed by atoms with Crippen LogP contribution in [0.4, 0.5) is 5.69 Å². The summed E-state index contributed by atoms with van der Waals surface area (Å²) in [5.74, 6) is -0.748. The third-order valence-electron chi connectivity index (χ3n) is 5.24. The van der Waals surface area contributed by atoms with E-state index in [4.69, 9.17) is 0 Å². The van der Waals surface area contributed by atoms with Gasteiger partial charge in [-0.1, -0.05) is 30.3 Å². The van der Waals surface area contributed by atoms with Crippen molar-refractivity contribution >= 4 is 17.5 Å². The maximum atomic E-state index is 13.3. The van der Waals surface area contributed by atoms with Gasteiger partial charge in [-0.3, -0.25) is 9.59 Å². The minimum atomic E-state index is -0.976. The van der Waals surface area contributed by atoms with Crippen LogP contribution in [0.3, 0.4) is 0 Å². The first-order chi connectivity index (χ1) is 15.9. The summed E-state index contributed by atoms with van der Waals surface area (Å²) in [6, 6.07) is 17.6. The number of nitrogens with one attached hydrogen (secondary N) is 2. The summed E-state index contributed by atoms with van der Waals surface area (Å²) in [6.45, 7) is 3.81. The van der Waals surface area contributed by atoms with Crippen molar-refractivity contribution in [3.05, 3.63) is 95.3 Å². The molecule has 0 aliphatic heterocycles. The van der Waals surface area contributed by atoms with E-state index in [1.54, 1.807) is 36.4 Å². The van der Waals surface area contributed by atoms with Crippen molar-refractivity contribution < 1.29 is 14.7 Å². The van der Waals surface area contributed by atoms with Crippen molar-refractivity contribution in [1.29, 1.82) is 0 Å². The van der Waals surface area contributed by atoms with Gasteiger partial charge in [-0.2, -0.15) is 0 Å². The number of aryl methyl sites for hydroxylation is 2. The number of anilines is 1. The van der Waals surface area contributed by atoms with Crippen molar-refractivity contribution in [1.82, 2.24) is 25.5 Å². The first-order valence-electron chi connectivity index (χ1n) is 10.2. The Morgan fingerprint density at radius 1 is 0.939 bits per heavy atom. The number of carbonyl (C=O) groups is 2. The summed E-state index contributed by atoms with van der Waals surface area (Å²) < 4.78 is 1.47. The van der Waals surface area contributed by atoms with Crippen LogP contribution in [-0.4, -0.2) is 37.1 Å². The molecule has 33 heavy (non-hydrogen) atoms. The van der Waals surface area contributed by atoms with Gasteiger partial charge in [-0.25, -0.2) is 4.68 Å². The first-order valence-corrected chi connectivity index (χ1v) is 10.2. The Bertz CT molecular complexity index is 1250. The fourth-order valence-corrected chi connectivity index (χ4v) is 3.43. The van der Waals surface area contributed by atoms with Gasteiger partial charge in [0.2, 0.25) is 0 Å². The summed E-state index contributed by atoms with van der Waals surface area (Å²) in [5, 5.41) is 26.4. The van der Waals surface area contributed by atoms with Gasteiger partial charge < -0.3 is 15.7 Å². The van der Waals surface area contributed by atoms with E-state index in [1.807, 2.05) is 32.0 Å². The highest BCUT2D eigenvalue weighted by Crippen LogP contribution is 2.24. The molecular weight excluding hydrogens is 420 g/mol. The van der Waals surface area contributed by atoms with Crippen molar-refractivity contribution in [2.75, 3.05) is 5.32 Å². The Morgan fingerprint density at radius 3 is 2.21 bits per heavy atom. The van der Waals surface area contributed by atoms with Crippen molar-refractivity contribution in [3.63, 3.8) is 0 Å². The summed E-state index contributed by atoms with van der Waals surface area (Å²) in [6.07, 6.45) is 1.45. The molecule has 4 aromatic rings. The molecule has 0 aliphatic carbocycles. The van der Waals surface area contributed by atoms with Gasteiger partial charge in [-0.05, 0) is 77.4 Å². The van der Waals surface area contributed by atoms with Crippen LogP contribution in [0.1, 0.15) is 33.1 Å². The third kappa shape index (κ3) is 4.87. The molecule has 9 nitrogen and oxygen atoms in total. The lowest BCUT2D eigenvalue weighted by Gasteiger charge is -2.21. The number of hydrogen-bond acceptors (Lipinski definition) is 6. The number of para-hydroxylation sites is 1. The van der Waals surface area contributed by atoms with Gasteiger partial charge in [0.25, 0.3) is 11.8 Å². The summed E-state index contributed by atoms with van der Waals surface area (Å²) in [4.78, 5) is 26.3. The monoisotopic (exact) mass is 442 g/mol. The lowest BCUT2D eigenvalue weighted by molar-refractivity contribution is -0.118. The van der Waals surface area contributed by atoms with E-state index in [0.717, 1.165) is 11.1 Å². The quantitative estimate of drug-likeness (QED) is 0.422. The molecule has 0 saturated carbocycles. The number of aromatic hydroxyl groups is 1. The molecule has 3 N–H and O–H groups in total. The average Bonchev–Trinajstić information content (AvgIpc) is 3.35. The Balaban J connectivity index is 1.59.